The van der Waals surface area contributed by atoms with Crippen molar-refractivity contribution in [3.63, 3.8) is 0 Å². The van der Waals surface area contributed by atoms with Gasteiger partial charge in [0.1, 0.15) is 9.79 Å². The molecule has 3 heterocycles. The van der Waals surface area contributed by atoms with Crippen molar-refractivity contribution in [1.29, 1.82) is 0 Å². The van der Waals surface area contributed by atoms with Crippen molar-refractivity contribution in [3.8, 4) is 22.5 Å². The van der Waals surface area contributed by atoms with Gasteiger partial charge in [-0.3, -0.25) is 0 Å². The smallest absolute Gasteiger partial charge is 0.242 e. The highest BCUT2D eigenvalue weighted by Crippen LogP contribution is 2.39. The number of thiazole rings is 1. The van der Waals surface area contributed by atoms with Gasteiger partial charge in [0.2, 0.25) is 25.9 Å². The lowest BCUT2D eigenvalue weighted by molar-refractivity contribution is 0.278. The number of nitrogens with zero attached hydrogens (tertiary/aromatic N) is 4. The minimum Gasteiger partial charge on any atom is -0.390 e. The van der Waals surface area contributed by atoms with Gasteiger partial charge in [0.25, 0.3) is 0 Å². The number of aromatic nitrogens is 5. The highest BCUT2D eigenvalue weighted by atomic mass is 32.2. The standard InChI is InChI=1S/C21H23N9O5S3/c22-37(32,33)19-17(38(34,35)28-14-6-7-23-9-14)5-4-16(18(19)20-26-29-30-27-20)12-2-1-3-13(8-12)24-21-25-15(10-31)11-36-21/h1-5,8,11,14,23,28,31H,6-7,9-10H2,(H,24,25)(H2,22,32,33)(H,26,27,29,30). The second kappa shape index (κ2) is 10.4. The second-order valence-electron chi connectivity index (χ2n) is 8.41. The Balaban J connectivity index is 1.66. The second-order valence-corrected chi connectivity index (χ2v) is 12.5. The number of H-pyrrole nitrogens is 1. The Hall–Kier alpha value is -3.32. The minimum absolute atomic E-state index is 0.109. The maximum atomic E-state index is 13.4. The van der Waals surface area contributed by atoms with E-state index < -0.39 is 35.9 Å². The molecule has 1 atom stereocenters. The molecule has 1 aliphatic heterocycles. The number of primary sulfonamides is 1. The third-order valence-corrected chi connectivity index (χ3v) is 9.28. The summed E-state index contributed by atoms with van der Waals surface area (Å²) in [5.74, 6) is -0.144. The fourth-order valence-corrected chi connectivity index (χ4v) is 7.74. The molecule has 0 radical (unpaired) electrons. The molecule has 38 heavy (non-hydrogen) atoms. The first-order chi connectivity index (χ1) is 18.2. The van der Waals surface area contributed by atoms with Gasteiger partial charge in [0, 0.05) is 23.7 Å². The van der Waals surface area contributed by atoms with E-state index in [0.717, 1.165) is 0 Å². The van der Waals surface area contributed by atoms with E-state index in [1.54, 1.807) is 29.6 Å². The van der Waals surface area contributed by atoms with Crippen molar-refractivity contribution in [2.75, 3.05) is 18.4 Å². The molecule has 2 aromatic heterocycles. The summed E-state index contributed by atoms with van der Waals surface area (Å²) in [6.07, 6.45) is 0.554. The first-order valence-electron chi connectivity index (χ1n) is 11.2. The Morgan fingerprint density at radius 2 is 2.03 bits per heavy atom. The normalized spacial score (nSPS) is 16.1. The molecule has 4 aromatic rings. The van der Waals surface area contributed by atoms with E-state index in [-0.39, 0.29) is 18.0 Å². The van der Waals surface area contributed by atoms with Gasteiger partial charge in [-0.05, 0) is 47.5 Å². The van der Waals surface area contributed by atoms with Crippen molar-refractivity contribution in [3.05, 3.63) is 47.5 Å². The molecule has 0 amide bonds. The van der Waals surface area contributed by atoms with Gasteiger partial charge in [-0.2, -0.15) is 5.21 Å². The molecule has 2 aromatic carbocycles. The minimum atomic E-state index is -4.60. The average molecular weight is 578 g/mol. The molecular formula is C21H23N9O5S3. The SMILES string of the molecule is NS(=O)(=O)c1c(S(=O)(=O)NC2CCNC2)ccc(-c2cccc(Nc3nc(CO)cs3)c2)c1-c1nn[nH]n1. The number of hydrogen-bond donors (Lipinski definition) is 6. The summed E-state index contributed by atoms with van der Waals surface area (Å²) in [4.78, 5) is 3.11. The van der Waals surface area contributed by atoms with E-state index >= 15 is 0 Å². The number of aliphatic hydroxyl groups excluding tert-OH is 1. The van der Waals surface area contributed by atoms with Gasteiger partial charge in [-0.25, -0.2) is 31.7 Å². The van der Waals surface area contributed by atoms with Crippen molar-refractivity contribution in [2.45, 2.75) is 28.9 Å². The third-order valence-electron chi connectivity index (χ3n) is 5.79. The van der Waals surface area contributed by atoms with Crippen LogP contribution in [0.15, 0.2) is 51.6 Å². The number of nitrogens with one attached hydrogen (secondary N) is 4. The quantitative estimate of drug-likeness (QED) is 0.161. The summed E-state index contributed by atoms with van der Waals surface area (Å²) in [6, 6.07) is 9.23. The summed E-state index contributed by atoms with van der Waals surface area (Å²) in [5.41, 5.74) is 1.86. The average Bonchev–Trinajstić information content (AvgIpc) is 3.66. The number of nitrogens with two attached hydrogens (primary N) is 1. The molecular weight excluding hydrogens is 554 g/mol. The van der Waals surface area contributed by atoms with E-state index in [1.165, 1.54) is 23.5 Å². The van der Waals surface area contributed by atoms with Crippen LogP contribution in [-0.4, -0.2) is 66.7 Å². The summed E-state index contributed by atoms with van der Waals surface area (Å²) >= 11 is 1.31. The summed E-state index contributed by atoms with van der Waals surface area (Å²) < 4.78 is 55.1. The Morgan fingerprint density at radius 3 is 2.68 bits per heavy atom. The number of tetrazole rings is 1. The molecule has 0 bridgehead atoms. The number of benzene rings is 2. The van der Waals surface area contributed by atoms with Crippen LogP contribution in [-0.2, 0) is 26.7 Å². The van der Waals surface area contributed by atoms with Crippen LogP contribution in [0.25, 0.3) is 22.5 Å². The van der Waals surface area contributed by atoms with Gasteiger partial charge in [0.15, 0.2) is 5.13 Å². The maximum Gasteiger partial charge on any atom is 0.242 e. The first kappa shape index (κ1) is 26.3. The van der Waals surface area contributed by atoms with Gasteiger partial charge < -0.3 is 15.7 Å². The fraction of sp³-hybridized carbons (Fsp3) is 0.238. The Labute approximate surface area is 221 Å². The lowest BCUT2D eigenvalue weighted by Gasteiger charge is -2.18. The molecule has 0 spiro atoms. The zero-order valence-corrected chi connectivity index (χ0v) is 22.1. The van der Waals surface area contributed by atoms with Crippen molar-refractivity contribution < 1.29 is 21.9 Å². The van der Waals surface area contributed by atoms with Crippen LogP contribution >= 0.6 is 11.3 Å². The third kappa shape index (κ3) is 5.44. The van der Waals surface area contributed by atoms with E-state index in [0.29, 0.717) is 47.2 Å². The van der Waals surface area contributed by atoms with Crippen LogP contribution < -0.4 is 20.5 Å². The van der Waals surface area contributed by atoms with E-state index in [2.05, 4.69) is 41.0 Å². The van der Waals surface area contributed by atoms with Gasteiger partial charge in [-0.15, -0.1) is 21.5 Å². The van der Waals surface area contributed by atoms with Crippen LogP contribution in [0.3, 0.4) is 0 Å². The molecule has 7 N–H and O–H groups in total. The zero-order chi connectivity index (χ0) is 26.9. The lowest BCUT2D eigenvalue weighted by atomic mass is 9.98. The number of aromatic amines is 1. The zero-order valence-electron chi connectivity index (χ0n) is 19.6. The largest absolute Gasteiger partial charge is 0.390 e. The number of hydrogen-bond acceptors (Lipinski definition) is 12. The molecule has 200 valence electrons. The van der Waals surface area contributed by atoms with Gasteiger partial charge in [-0.1, -0.05) is 18.2 Å². The van der Waals surface area contributed by atoms with Crippen LogP contribution in [0.1, 0.15) is 12.1 Å². The van der Waals surface area contributed by atoms with E-state index in [1.807, 2.05) is 0 Å². The fourth-order valence-electron chi connectivity index (χ4n) is 4.15. The number of sulfonamides is 2. The predicted octanol–water partition coefficient (Wildman–Crippen LogP) is 0.514. The highest BCUT2D eigenvalue weighted by Gasteiger charge is 2.33. The molecule has 17 heteroatoms. The van der Waals surface area contributed by atoms with Crippen LogP contribution in [0.5, 0.6) is 0 Å². The Kier molecular flexibility index (Phi) is 7.23. The topological polar surface area (TPSA) is 218 Å². The van der Waals surface area contributed by atoms with Gasteiger partial charge in [0.05, 0.1) is 17.9 Å². The molecule has 14 nitrogen and oxygen atoms in total. The van der Waals surface area contributed by atoms with E-state index in [4.69, 9.17) is 5.14 Å². The maximum absolute atomic E-state index is 13.4. The highest BCUT2D eigenvalue weighted by molar-refractivity contribution is 7.92. The molecule has 1 aliphatic rings. The molecule has 1 saturated heterocycles. The summed E-state index contributed by atoms with van der Waals surface area (Å²) in [5, 5.41) is 37.0. The predicted molar refractivity (Wildman–Crippen MR) is 139 cm³/mol. The number of rotatable bonds is 9. The van der Waals surface area contributed by atoms with Crippen molar-refractivity contribution >= 4 is 42.2 Å². The summed E-state index contributed by atoms with van der Waals surface area (Å²) in [6.45, 7) is 0.858. The van der Waals surface area contributed by atoms with Gasteiger partial charge >= 0.3 is 0 Å². The molecule has 5 rings (SSSR count). The van der Waals surface area contributed by atoms with E-state index in [9.17, 15) is 21.9 Å². The number of anilines is 2. The Bertz CT molecular complexity index is 1670. The van der Waals surface area contributed by atoms with Crippen LogP contribution in [0.2, 0.25) is 0 Å². The summed E-state index contributed by atoms with van der Waals surface area (Å²) in [7, 11) is -8.89. The molecule has 1 unspecified atom stereocenters. The van der Waals surface area contributed by atoms with Crippen LogP contribution in [0.4, 0.5) is 10.8 Å². The molecule has 0 saturated carbocycles. The molecule has 1 fully saturated rings. The lowest BCUT2D eigenvalue weighted by Crippen LogP contribution is -2.37. The first-order valence-corrected chi connectivity index (χ1v) is 15.2. The number of aliphatic hydroxyl groups is 1. The van der Waals surface area contributed by atoms with Crippen molar-refractivity contribution in [1.82, 2.24) is 35.6 Å². The van der Waals surface area contributed by atoms with Crippen LogP contribution in [0, 0.1) is 0 Å². The molecule has 0 aliphatic carbocycles. The monoisotopic (exact) mass is 577 g/mol. The Morgan fingerprint density at radius 1 is 1.18 bits per heavy atom. The van der Waals surface area contributed by atoms with Crippen molar-refractivity contribution in [2.24, 2.45) is 5.14 Å².